The number of esters is 1. The molecule has 352 valence electrons. The number of carbonyl (C=O) groups is 2. The topological polar surface area (TPSA) is 155 Å². The number of ether oxygens (including phenoxy) is 2. The molecule has 0 spiro atoms. The van der Waals surface area contributed by atoms with Gasteiger partial charge < -0.3 is 25.2 Å². The molecule has 0 amide bonds. The zero-order valence-electron chi connectivity index (χ0n) is 38.6. The minimum absolute atomic E-state index is 0.0263. The first-order chi connectivity index (χ1) is 28.7. The van der Waals surface area contributed by atoms with Gasteiger partial charge in [0, 0.05) is 13.0 Å². The second kappa shape index (κ2) is 45.0. The number of aliphatic carboxylic acids is 1. The van der Waals surface area contributed by atoms with Crippen LogP contribution in [0.3, 0.4) is 0 Å². The molecule has 4 N–H and O–H groups in total. The van der Waals surface area contributed by atoms with Gasteiger partial charge in [0.1, 0.15) is 12.1 Å². The molecule has 0 heterocycles. The van der Waals surface area contributed by atoms with Gasteiger partial charge >= 0.3 is 19.8 Å². The molecule has 59 heavy (non-hydrogen) atoms. The van der Waals surface area contributed by atoms with Crippen LogP contribution < -0.4 is 5.73 Å². The number of phosphoric acid groups is 1. The zero-order chi connectivity index (χ0) is 43.3. The van der Waals surface area contributed by atoms with Crippen molar-refractivity contribution in [2.24, 2.45) is 5.73 Å². The lowest BCUT2D eigenvalue weighted by Crippen LogP contribution is -2.34. The predicted molar refractivity (Wildman–Crippen MR) is 245 cm³/mol. The molecule has 1 unspecified atom stereocenters. The molecule has 10 nitrogen and oxygen atoms in total. The van der Waals surface area contributed by atoms with E-state index < -0.39 is 45.1 Å². The first kappa shape index (κ1) is 58.0. The van der Waals surface area contributed by atoms with E-state index in [9.17, 15) is 19.0 Å². The highest BCUT2D eigenvalue weighted by Crippen LogP contribution is 2.43. The Hall–Kier alpha value is -1.03. The van der Waals surface area contributed by atoms with E-state index in [0.717, 1.165) is 38.5 Å². The molecule has 11 heteroatoms. The van der Waals surface area contributed by atoms with Gasteiger partial charge in [-0.3, -0.25) is 18.6 Å². The van der Waals surface area contributed by atoms with Crippen molar-refractivity contribution in [3.8, 4) is 0 Å². The maximum atomic E-state index is 12.7. The molecule has 0 aromatic heterocycles. The lowest BCUT2D eigenvalue weighted by molar-refractivity contribution is -0.154. The van der Waals surface area contributed by atoms with E-state index in [0.29, 0.717) is 6.61 Å². The third kappa shape index (κ3) is 44.8. The SMILES string of the molecule is CCCCCCCCCCCCCCCCCCCCCCOC[C@H](COP(=O)(O)OC[C@H](N)C(=O)O)OC(=O)CCCCCCCCCCCCCCCCCCC. The van der Waals surface area contributed by atoms with Crippen molar-refractivity contribution in [3.63, 3.8) is 0 Å². The maximum absolute atomic E-state index is 12.7. The minimum Gasteiger partial charge on any atom is -0.480 e. The first-order valence-electron chi connectivity index (χ1n) is 25.1. The normalized spacial score (nSPS) is 13.7. The Morgan fingerprint density at radius 3 is 1.12 bits per heavy atom. The Morgan fingerprint density at radius 2 is 0.780 bits per heavy atom. The number of phosphoric ester groups is 1. The molecule has 0 saturated heterocycles. The molecular weight excluding hydrogens is 765 g/mol. The van der Waals surface area contributed by atoms with E-state index in [1.165, 1.54) is 199 Å². The highest BCUT2D eigenvalue weighted by atomic mass is 31.2. The molecule has 0 aromatic rings. The van der Waals surface area contributed by atoms with Crippen molar-refractivity contribution in [1.82, 2.24) is 0 Å². The van der Waals surface area contributed by atoms with Crippen LogP contribution in [0.4, 0.5) is 0 Å². The highest BCUT2D eigenvalue weighted by molar-refractivity contribution is 7.47. The monoisotopic (exact) mass is 862 g/mol. The fourth-order valence-electron chi connectivity index (χ4n) is 7.49. The van der Waals surface area contributed by atoms with Gasteiger partial charge in [-0.25, -0.2) is 4.57 Å². The van der Waals surface area contributed by atoms with Crippen molar-refractivity contribution in [2.45, 2.75) is 270 Å². The number of carboxylic acid groups (broad SMARTS) is 1. The summed E-state index contributed by atoms with van der Waals surface area (Å²) in [7, 11) is -4.61. The van der Waals surface area contributed by atoms with Crippen LogP contribution in [0.25, 0.3) is 0 Å². The van der Waals surface area contributed by atoms with Crippen molar-refractivity contribution < 1.29 is 42.7 Å². The van der Waals surface area contributed by atoms with E-state index >= 15 is 0 Å². The highest BCUT2D eigenvalue weighted by Gasteiger charge is 2.27. The van der Waals surface area contributed by atoms with Crippen LogP contribution in [0.5, 0.6) is 0 Å². The summed E-state index contributed by atoms with van der Waals surface area (Å²) in [6, 6.07) is -1.47. The molecule has 0 saturated carbocycles. The third-order valence-electron chi connectivity index (χ3n) is 11.4. The summed E-state index contributed by atoms with van der Waals surface area (Å²) in [6.07, 6.45) is 47.3. The molecule has 0 rings (SSSR count). The van der Waals surface area contributed by atoms with E-state index in [1.807, 2.05) is 0 Å². The van der Waals surface area contributed by atoms with Gasteiger partial charge in [0.15, 0.2) is 0 Å². The largest absolute Gasteiger partial charge is 0.480 e. The maximum Gasteiger partial charge on any atom is 0.472 e. The second-order valence-corrected chi connectivity index (χ2v) is 18.8. The van der Waals surface area contributed by atoms with Crippen LogP contribution in [0, 0.1) is 0 Å². The lowest BCUT2D eigenvalue weighted by atomic mass is 10.0. The quantitative estimate of drug-likeness (QED) is 0.0306. The Bertz CT molecular complexity index is 955. The minimum atomic E-state index is -4.61. The van der Waals surface area contributed by atoms with E-state index in [-0.39, 0.29) is 13.0 Å². The number of hydrogen-bond acceptors (Lipinski definition) is 8. The van der Waals surface area contributed by atoms with Crippen LogP contribution in [0.15, 0.2) is 0 Å². The molecule has 0 aliphatic rings. The van der Waals surface area contributed by atoms with Gasteiger partial charge in [-0.15, -0.1) is 0 Å². The van der Waals surface area contributed by atoms with Gasteiger partial charge in [0.2, 0.25) is 0 Å². The van der Waals surface area contributed by atoms with Crippen LogP contribution in [0.2, 0.25) is 0 Å². The van der Waals surface area contributed by atoms with Gasteiger partial charge in [-0.1, -0.05) is 239 Å². The molecule has 0 aliphatic heterocycles. The average molecular weight is 862 g/mol. The van der Waals surface area contributed by atoms with Crippen molar-refractivity contribution in [2.75, 3.05) is 26.4 Å². The summed E-state index contributed by atoms with van der Waals surface area (Å²) in [6.45, 7) is 3.95. The molecule has 0 aromatic carbocycles. The van der Waals surface area contributed by atoms with Crippen molar-refractivity contribution >= 4 is 19.8 Å². The molecule has 3 atom stereocenters. The Balaban J connectivity index is 4.09. The number of nitrogens with two attached hydrogens (primary N) is 1. The summed E-state index contributed by atoms with van der Waals surface area (Å²) >= 11 is 0. The molecule has 0 aliphatic carbocycles. The van der Waals surface area contributed by atoms with Gasteiger partial charge in [0.25, 0.3) is 0 Å². The third-order valence-corrected chi connectivity index (χ3v) is 12.3. The van der Waals surface area contributed by atoms with E-state index in [4.69, 9.17) is 29.4 Å². The average Bonchev–Trinajstić information content (AvgIpc) is 3.21. The van der Waals surface area contributed by atoms with Gasteiger partial charge in [-0.2, -0.15) is 0 Å². The van der Waals surface area contributed by atoms with Gasteiger partial charge in [0.05, 0.1) is 19.8 Å². The number of carbonyl (C=O) groups excluding carboxylic acids is 1. The van der Waals surface area contributed by atoms with Crippen LogP contribution >= 0.6 is 7.82 Å². The van der Waals surface area contributed by atoms with Crippen molar-refractivity contribution in [3.05, 3.63) is 0 Å². The second-order valence-electron chi connectivity index (χ2n) is 17.3. The van der Waals surface area contributed by atoms with Crippen LogP contribution in [0.1, 0.15) is 258 Å². The van der Waals surface area contributed by atoms with E-state index in [2.05, 4.69) is 13.8 Å². The molecule has 0 fully saturated rings. The van der Waals surface area contributed by atoms with Crippen molar-refractivity contribution in [1.29, 1.82) is 0 Å². The number of rotatable bonds is 49. The standard InChI is InChI=1S/C48H96NO9P/c1-3-5-7-9-11-13-15-17-19-21-22-23-25-27-29-31-33-35-37-39-41-55-42-45(43-56-59(53,54)57-44-46(49)48(51)52)58-47(50)40-38-36-34-32-30-28-26-24-20-18-16-14-12-10-8-6-4-2/h45-46H,3-44,49H2,1-2H3,(H,51,52)(H,53,54)/t45-,46+/m1/s1. The molecule has 0 radical (unpaired) electrons. The zero-order valence-corrected chi connectivity index (χ0v) is 39.5. The summed E-state index contributed by atoms with van der Waals surface area (Å²) in [5, 5.41) is 8.92. The Labute approximate surface area is 363 Å². The molecular formula is C48H96NO9P. The predicted octanol–water partition coefficient (Wildman–Crippen LogP) is 14.3. The first-order valence-corrected chi connectivity index (χ1v) is 26.6. The number of unbranched alkanes of at least 4 members (excludes halogenated alkanes) is 35. The Kier molecular flexibility index (Phi) is 44.2. The number of carboxylic acids is 1. The van der Waals surface area contributed by atoms with E-state index in [1.54, 1.807) is 0 Å². The smallest absolute Gasteiger partial charge is 0.472 e. The van der Waals surface area contributed by atoms with Crippen LogP contribution in [-0.4, -0.2) is 60.5 Å². The summed E-state index contributed by atoms with van der Waals surface area (Å²) in [5.74, 6) is -1.76. The van der Waals surface area contributed by atoms with Crippen LogP contribution in [-0.2, 0) is 32.7 Å². The fraction of sp³-hybridized carbons (Fsp3) is 0.958. The Morgan fingerprint density at radius 1 is 0.475 bits per heavy atom. The summed E-state index contributed by atoms with van der Waals surface area (Å²) < 4.78 is 33.5. The summed E-state index contributed by atoms with van der Waals surface area (Å²) in [5.41, 5.74) is 5.37. The number of hydrogen-bond donors (Lipinski definition) is 3. The summed E-state index contributed by atoms with van der Waals surface area (Å²) in [4.78, 5) is 33.6. The van der Waals surface area contributed by atoms with Gasteiger partial charge in [-0.05, 0) is 12.8 Å². The fourth-order valence-corrected chi connectivity index (χ4v) is 8.27. The lowest BCUT2D eigenvalue weighted by Gasteiger charge is -2.20. The molecule has 0 bridgehead atoms.